The first-order valence-electron chi connectivity index (χ1n) is 16.8. The molecule has 1 fully saturated rings. The predicted octanol–water partition coefficient (Wildman–Crippen LogP) is 5.05. The van der Waals surface area contributed by atoms with Crippen molar-refractivity contribution < 1.29 is 39.6 Å². The van der Waals surface area contributed by atoms with Crippen LogP contribution < -0.4 is 10.8 Å². The molecule has 0 aromatic heterocycles. The number of carbonyl (C=O) groups is 2. The standard InChI is InChI=1S/C39H45N3O8/c1-42(24-35(45)32-7-3-8-33(44)20-32)23-34-21-36(29-13-11-26(25-43)12-14-29)50-39(49-34)30-17-15-28(16-18-30)31-6-2-5-27(19-31)22-40-37(46)9-4-10-38(47)41-48/h2-3,5-8,11-20,34-36,39,43-45,48H,4,9-10,21-25H2,1H3,(H,40,46)(H,41,47). The van der Waals surface area contributed by atoms with E-state index in [0.717, 1.165) is 33.4 Å². The van der Waals surface area contributed by atoms with Gasteiger partial charge in [0.25, 0.3) is 0 Å². The van der Waals surface area contributed by atoms with Gasteiger partial charge >= 0.3 is 0 Å². The number of aliphatic hydroxyl groups excluding tert-OH is 2. The van der Waals surface area contributed by atoms with Gasteiger partial charge in [-0.25, -0.2) is 5.48 Å². The first-order valence-corrected chi connectivity index (χ1v) is 16.8. The molecule has 0 spiro atoms. The number of amides is 2. The van der Waals surface area contributed by atoms with Crippen LogP contribution in [-0.4, -0.2) is 63.5 Å². The smallest absolute Gasteiger partial charge is 0.243 e. The van der Waals surface area contributed by atoms with Gasteiger partial charge in [0.05, 0.1) is 24.9 Å². The Morgan fingerprint density at radius 2 is 1.58 bits per heavy atom. The number of phenols is 1. The minimum absolute atomic E-state index is 0.0379. The fraction of sp³-hybridized carbons (Fsp3) is 0.333. The number of phenolic OH excluding ortho intramolecular Hbond substituents is 1. The number of nitrogens with zero attached hydrogens (tertiary/aromatic N) is 1. The van der Waals surface area contributed by atoms with Gasteiger partial charge in [0.1, 0.15) is 5.75 Å². The number of nitrogens with one attached hydrogen (secondary N) is 2. The molecule has 0 bridgehead atoms. The number of hydroxylamine groups is 1. The summed E-state index contributed by atoms with van der Waals surface area (Å²) in [6, 6.07) is 30.3. The normalized spacial score (nSPS) is 18.1. The Morgan fingerprint density at radius 3 is 2.30 bits per heavy atom. The van der Waals surface area contributed by atoms with Crippen molar-refractivity contribution in [2.45, 2.75) is 63.4 Å². The minimum Gasteiger partial charge on any atom is -0.508 e. The second-order valence-corrected chi connectivity index (χ2v) is 12.7. The molecule has 4 aromatic carbocycles. The van der Waals surface area contributed by atoms with Crippen LogP contribution in [0.1, 0.15) is 72.0 Å². The quantitative estimate of drug-likeness (QED) is 0.0744. The average Bonchev–Trinajstić information content (AvgIpc) is 3.14. The van der Waals surface area contributed by atoms with Crippen LogP contribution in [0.15, 0.2) is 97.1 Å². The maximum atomic E-state index is 12.2. The van der Waals surface area contributed by atoms with Gasteiger partial charge in [-0.05, 0) is 65.0 Å². The molecule has 1 saturated heterocycles. The molecular formula is C39H45N3O8. The topological polar surface area (TPSA) is 161 Å². The van der Waals surface area contributed by atoms with Crippen molar-refractivity contribution in [3.8, 4) is 16.9 Å². The first kappa shape index (κ1) is 36.7. The Bertz CT molecular complexity index is 1700. The molecule has 0 radical (unpaired) electrons. The van der Waals surface area contributed by atoms with Crippen molar-refractivity contribution in [1.29, 1.82) is 0 Å². The second-order valence-electron chi connectivity index (χ2n) is 12.7. The molecule has 4 unspecified atom stereocenters. The zero-order valence-electron chi connectivity index (χ0n) is 28.1. The third-order valence-corrected chi connectivity index (χ3v) is 8.74. The van der Waals surface area contributed by atoms with E-state index in [9.17, 15) is 24.9 Å². The number of likely N-dealkylation sites (N-methyl/N-ethyl adjacent to an activating group) is 1. The molecule has 4 atom stereocenters. The van der Waals surface area contributed by atoms with Crippen LogP contribution in [0.3, 0.4) is 0 Å². The monoisotopic (exact) mass is 683 g/mol. The molecule has 2 amide bonds. The summed E-state index contributed by atoms with van der Waals surface area (Å²) in [6.45, 7) is 1.21. The van der Waals surface area contributed by atoms with Crippen molar-refractivity contribution >= 4 is 11.8 Å². The van der Waals surface area contributed by atoms with Crippen LogP contribution in [0.4, 0.5) is 0 Å². The molecule has 11 nitrogen and oxygen atoms in total. The van der Waals surface area contributed by atoms with E-state index in [1.165, 1.54) is 0 Å². The summed E-state index contributed by atoms with van der Waals surface area (Å²) >= 11 is 0. The molecule has 5 rings (SSSR count). The zero-order valence-corrected chi connectivity index (χ0v) is 28.1. The maximum Gasteiger partial charge on any atom is 0.243 e. The Labute approximate surface area is 292 Å². The van der Waals surface area contributed by atoms with Crippen molar-refractivity contribution in [3.05, 3.63) is 125 Å². The fourth-order valence-electron chi connectivity index (χ4n) is 6.04. The SMILES string of the molecule is CN(CC1CC(c2ccc(CO)cc2)OC(c2ccc(-c3cccc(CNC(=O)CCCC(=O)NO)c3)cc2)O1)CC(O)c1cccc(O)c1. The van der Waals surface area contributed by atoms with Gasteiger partial charge in [0, 0.05) is 44.5 Å². The van der Waals surface area contributed by atoms with Crippen LogP contribution >= 0.6 is 0 Å². The number of carbonyl (C=O) groups excluding carboxylic acids is 2. The second kappa shape index (κ2) is 17.9. The van der Waals surface area contributed by atoms with E-state index >= 15 is 0 Å². The Balaban J connectivity index is 1.25. The summed E-state index contributed by atoms with van der Waals surface area (Å²) in [5.74, 6) is -0.576. The lowest BCUT2D eigenvalue weighted by Crippen LogP contribution is -2.39. The van der Waals surface area contributed by atoms with Gasteiger partial charge in [0.2, 0.25) is 11.8 Å². The van der Waals surface area contributed by atoms with E-state index in [1.54, 1.807) is 29.7 Å². The Hall–Kier alpha value is -4.62. The summed E-state index contributed by atoms with van der Waals surface area (Å²) in [4.78, 5) is 25.4. The molecule has 1 aliphatic rings. The number of benzene rings is 4. The van der Waals surface area contributed by atoms with Gasteiger partial charge in [-0.15, -0.1) is 0 Å². The van der Waals surface area contributed by atoms with Crippen LogP contribution in [0.5, 0.6) is 5.75 Å². The Kier molecular flexibility index (Phi) is 13.1. The van der Waals surface area contributed by atoms with Gasteiger partial charge in [-0.3, -0.25) is 14.8 Å². The fourth-order valence-corrected chi connectivity index (χ4v) is 6.04. The highest BCUT2D eigenvalue weighted by molar-refractivity contribution is 5.78. The first-order chi connectivity index (χ1) is 24.2. The number of aliphatic hydroxyl groups is 2. The average molecular weight is 684 g/mol. The van der Waals surface area contributed by atoms with E-state index in [1.807, 2.05) is 84.7 Å². The number of hydrogen-bond donors (Lipinski definition) is 6. The molecule has 4 aromatic rings. The van der Waals surface area contributed by atoms with E-state index in [4.69, 9.17) is 14.7 Å². The third-order valence-electron chi connectivity index (χ3n) is 8.74. The highest BCUT2D eigenvalue weighted by Gasteiger charge is 2.33. The molecule has 50 heavy (non-hydrogen) atoms. The number of hydrogen-bond acceptors (Lipinski definition) is 9. The van der Waals surface area contributed by atoms with Crippen LogP contribution in [0.2, 0.25) is 0 Å². The molecule has 1 aliphatic heterocycles. The highest BCUT2D eigenvalue weighted by atomic mass is 16.7. The van der Waals surface area contributed by atoms with Gasteiger partial charge < -0.3 is 35.0 Å². The van der Waals surface area contributed by atoms with Crippen molar-refractivity contribution in [2.75, 3.05) is 20.1 Å². The summed E-state index contributed by atoms with van der Waals surface area (Å²) in [6.07, 6.45) is -0.678. The van der Waals surface area contributed by atoms with Gasteiger partial charge in [-0.1, -0.05) is 78.9 Å². The molecule has 264 valence electrons. The molecule has 0 saturated carbocycles. The van der Waals surface area contributed by atoms with Crippen LogP contribution in [0.25, 0.3) is 11.1 Å². The number of rotatable bonds is 15. The van der Waals surface area contributed by atoms with Crippen molar-refractivity contribution in [1.82, 2.24) is 15.7 Å². The number of aromatic hydroxyl groups is 1. The van der Waals surface area contributed by atoms with Crippen LogP contribution in [-0.2, 0) is 32.2 Å². The zero-order chi connectivity index (χ0) is 35.5. The third kappa shape index (κ3) is 10.4. The lowest BCUT2D eigenvalue weighted by Gasteiger charge is -2.38. The molecule has 11 heteroatoms. The number of ether oxygens (including phenoxy) is 2. The molecule has 6 N–H and O–H groups in total. The summed E-state index contributed by atoms with van der Waals surface area (Å²) in [7, 11) is 1.93. The Morgan fingerprint density at radius 1 is 0.860 bits per heavy atom. The minimum atomic E-state index is -0.779. The lowest BCUT2D eigenvalue weighted by atomic mass is 9.99. The van der Waals surface area contributed by atoms with Gasteiger partial charge in [-0.2, -0.15) is 0 Å². The van der Waals surface area contributed by atoms with E-state index in [-0.39, 0.29) is 43.3 Å². The lowest BCUT2D eigenvalue weighted by molar-refractivity contribution is -0.252. The van der Waals surface area contributed by atoms with E-state index in [2.05, 4.69) is 5.32 Å². The molecule has 1 heterocycles. The summed E-state index contributed by atoms with van der Waals surface area (Å²) < 4.78 is 13.0. The predicted molar refractivity (Wildman–Crippen MR) is 186 cm³/mol. The van der Waals surface area contributed by atoms with E-state index < -0.39 is 18.3 Å². The molecule has 0 aliphatic carbocycles. The molecular weight excluding hydrogens is 638 g/mol. The van der Waals surface area contributed by atoms with E-state index in [0.29, 0.717) is 38.0 Å². The van der Waals surface area contributed by atoms with Crippen molar-refractivity contribution in [3.63, 3.8) is 0 Å². The maximum absolute atomic E-state index is 12.2. The summed E-state index contributed by atoms with van der Waals surface area (Å²) in [5.41, 5.74) is 7.78. The summed E-state index contributed by atoms with van der Waals surface area (Å²) in [5, 5.41) is 41.7. The largest absolute Gasteiger partial charge is 0.508 e. The van der Waals surface area contributed by atoms with Gasteiger partial charge in [0.15, 0.2) is 6.29 Å². The van der Waals surface area contributed by atoms with Crippen molar-refractivity contribution in [2.24, 2.45) is 0 Å². The van der Waals surface area contributed by atoms with Crippen LogP contribution in [0, 0.1) is 0 Å². The highest BCUT2D eigenvalue weighted by Crippen LogP contribution is 2.39.